The highest BCUT2D eigenvalue weighted by Gasteiger charge is 2.33. The third-order valence-corrected chi connectivity index (χ3v) is 5.83. The zero-order valence-electron chi connectivity index (χ0n) is 13.2. The van der Waals surface area contributed by atoms with E-state index in [1.807, 2.05) is 18.8 Å². The molecule has 1 fully saturated rings. The van der Waals surface area contributed by atoms with Crippen LogP contribution in [-0.4, -0.2) is 18.2 Å². The van der Waals surface area contributed by atoms with Crippen molar-refractivity contribution < 1.29 is 4.74 Å². The Labute approximate surface area is 132 Å². The summed E-state index contributed by atoms with van der Waals surface area (Å²) in [7, 11) is 1.89. The summed E-state index contributed by atoms with van der Waals surface area (Å²) in [4.78, 5) is 6.02. The monoisotopic (exact) mass is 303 g/mol. The SMILES string of the molecule is C=C(C)C(OC1CCCCC1)=C1C(=NC)SC2=C1CCC2. The maximum Gasteiger partial charge on any atom is 0.132 e. The summed E-state index contributed by atoms with van der Waals surface area (Å²) in [6.07, 6.45) is 10.3. The summed E-state index contributed by atoms with van der Waals surface area (Å²) in [5.74, 6) is 1.02. The Balaban J connectivity index is 1.94. The summed E-state index contributed by atoms with van der Waals surface area (Å²) in [5.41, 5.74) is 3.78. The van der Waals surface area contributed by atoms with Crippen molar-refractivity contribution >= 4 is 16.8 Å². The largest absolute Gasteiger partial charge is 0.489 e. The molecule has 21 heavy (non-hydrogen) atoms. The van der Waals surface area contributed by atoms with Gasteiger partial charge in [0.15, 0.2) is 0 Å². The van der Waals surface area contributed by atoms with Crippen molar-refractivity contribution in [3.63, 3.8) is 0 Å². The van der Waals surface area contributed by atoms with Crippen LogP contribution in [-0.2, 0) is 4.74 Å². The lowest BCUT2D eigenvalue weighted by molar-refractivity contribution is 0.0867. The summed E-state index contributed by atoms with van der Waals surface area (Å²) in [5, 5.41) is 1.13. The maximum atomic E-state index is 6.43. The molecule has 0 aromatic rings. The molecule has 0 bridgehead atoms. The fraction of sp³-hybridized carbons (Fsp3) is 0.611. The minimum absolute atomic E-state index is 0.368. The van der Waals surface area contributed by atoms with Gasteiger partial charge in [0.2, 0.25) is 0 Å². The van der Waals surface area contributed by atoms with E-state index in [4.69, 9.17) is 4.74 Å². The van der Waals surface area contributed by atoms with Crippen molar-refractivity contribution in [2.75, 3.05) is 7.05 Å². The molecule has 1 saturated carbocycles. The second-order valence-corrected chi connectivity index (χ2v) is 7.33. The van der Waals surface area contributed by atoms with E-state index in [0.29, 0.717) is 6.10 Å². The minimum Gasteiger partial charge on any atom is -0.489 e. The van der Waals surface area contributed by atoms with E-state index in [1.165, 1.54) is 67.4 Å². The molecule has 3 rings (SSSR count). The molecule has 0 saturated heterocycles. The minimum atomic E-state index is 0.368. The first kappa shape index (κ1) is 15.0. The number of hydrogen-bond acceptors (Lipinski definition) is 3. The van der Waals surface area contributed by atoms with E-state index in [-0.39, 0.29) is 0 Å². The molecule has 0 N–H and O–H groups in total. The predicted octanol–water partition coefficient (Wildman–Crippen LogP) is 5.38. The third kappa shape index (κ3) is 2.98. The van der Waals surface area contributed by atoms with Gasteiger partial charge in [-0.15, -0.1) is 0 Å². The molecule has 0 spiro atoms. The molecule has 0 aromatic heterocycles. The van der Waals surface area contributed by atoms with E-state index >= 15 is 0 Å². The Morgan fingerprint density at radius 1 is 1.19 bits per heavy atom. The lowest BCUT2D eigenvalue weighted by atomic mass is 9.97. The van der Waals surface area contributed by atoms with Crippen LogP contribution < -0.4 is 0 Å². The molecule has 0 amide bonds. The molecule has 2 aliphatic carbocycles. The molecule has 1 aliphatic heterocycles. The third-order valence-electron chi connectivity index (χ3n) is 4.56. The molecule has 0 atom stereocenters. The Bertz CT molecular complexity index is 535. The number of thioether (sulfide) groups is 1. The van der Waals surface area contributed by atoms with Gasteiger partial charge in [-0.1, -0.05) is 24.8 Å². The van der Waals surface area contributed by atoms with Crippen molar-refractivity contribution in [1.82, 2.24) is 0 Å². The molecular formula is C18H25NOS. The van der Waals surface area contributed by atoms with Gasteiger partial charge in [0.25, 0.3) is 0 Å². The van der Waals surface area contributed by atoms with Gasteiger partial charge >= 0.3 is 0 Å². The van der Waals surface area contributed by atoms with E-state index < -0.39 is 0 Å². The quantitative estimate of drug-likeness (QED) is 0.653. The summed E-state index contributed by atoms with van der Waals surface area (Å²) in [6.45, 7) is 6.24. The van der Waals surface area contributed by atoms with Crippen molar-refractivity contribution in [2.24, 2.45) is 4.99 Å². The lowest BCUT2D eigenvalue weighted by Crippen LogP contribution is -2.18. The van der Waals surface area contributed by atoms with Crippen LogP contribution in [0.15, 0.2) is 39.0 Å². The average Bonchev–Trinajstić information content (AvgIpc) is 3.06. The topological polar surface area (TPSA) is 21.6 Å². The molecule has 0 radical (unpaired) electrons. The summed E-state index contributed by atoms with van der Waals surface area (Å²) in [6, 6.07) is 0. The van der Waals surface area contributed by atoms with Gasteiger partial charge in [-0.25, -0.2) is 0 Å². The van der Waals surface area contributed by atoms with Crippen molar-refractivity contribution in [1.29, 1.82) is 0 Å². The highest BCUT2D eigenvalue weighted by molar-refractivity contribution is 8.18. The fourth-order valence-corrected chi connectivity index (χ4v) is 4.72. The lowest BCUT2D eigenvalue weighted by Gasteiger charge is -2.26. The molecule has 1 heterocycles. The van der Waals surface area contributed by atoms with Crippen LogP contribution in [0.2, 0.25) is 0 Å². The highest BCUT2D eigenvalue weighted by Crippen LogP contribution is 2.49. The van der Waals surface area contributed by atoms with Crippen LogP contribution in [0, 0.1) is 0 Å². The summed E-state index contributed by atoms with van der Waals surface area (Å²) < 4.78 is 6.43. The fourth-order valence-electron chi connectivity index (χ4n) is 3.50. The van der Waals surface area contributed by atoms with Crippen LogP contribution in [0.4, 0.5) is 0 Å². The first-order valence-electron chi connectivity index (χ1n) is 8.15. The van der Waals surface area contributed by atoms with E-state index in [9.17, 15) is 0 Å². The first-order valence-corrected chi connectivity index (χ1v) is 8.96. The van der Waals surface area contributed by atoms with Gasteiger partial charge in [0.1, 0.15) is 10.8 Å². The van der Waals surface area contributed by atoms with Gasteiger partial charge in [-0.3, -0.25) is 4.99 Å². The number of rotatable bonds is 3. The Kier molecular flexibility index (Phi) is 4.58. The van der Waals surface area contributed by atoms with Crippen LogP contribution in [0.5, 0.6) is 0 Å². The maximum absolute atomic E-state index is 6.43. The highest BCUT2D eigenvalue weighted by atomic mass is 32.2. The number of allylic oxidation sites excluding steroid dienone is 3. The van der Waals surface area contributed by atoms with Gasteiger partial charge in [0, 0.05) is 7.05 Å². The predicted molar refractivity (Wildman–Crippen MR) is 91.6 cm³/mol. The molecular weight excluding hydrogens is 278 g/mol. The second-order valence-electron chi connectivity index (χ2n) is 6.25. The van der Waals surface area contributed by atoms with Crippen molar-refractivity contribution in [3.8, 4) is 0 Å². The molecule has 3 aliphatic rings. The van der Waals surface area contributed by atoms with E-state index in [2.05, 4.69) is 18.5 Å². The first-order chi connectivity index (χ1) is 10.2. The Hall–Kier alpha value is -0.960. The number of nitrogens with zero attached hydrogens (tertiary/aromatic N) is 1. The average molecular weight is 303 g/mol. The number of hydrogen-bond donors (Lipinski definition) is 0. The molecule has 3 heteroatoms. The number of aliphatic imine (C=N–C) groups is 1. The van der Waals surface area contributed by atoms with E-state index in [0.717, 1.165) is 16.4 Å². The van der Waals surface area contributed by atoms with Crippen LogP contribution in [0.25, 0.3) is 0 Å². The molecule has 2 nitrogen and oxygen atoms in total. The zero-order valence-corrected chi connectivity index (χ0v) is 14.0. The van der Waals surface area contributed by atoms with Crippen LogP contribution in [0.3, 0.4) is 0 Å². The second kappa shape index (κ2) is 6.43. The van der Waals surface area contributed by atoms with Gasteiger partial charge in [-0.05, 0) is 67.9 Å². The molecule has 0 aromatic carbocycles. The van der Waals surface area contributed by atoms with Gasteiger partial charge in [-0.2, -0.15) is 0 Å². The number of ether oxygens (including phenoxy) is 1. The van der Waals surface area contributed by atoms with Gasteiger partial charge in [0.05, 0.1) is 11.7 Å². The smallest absolute Gasteiger partial charge is 0.132 e. The molecule has 114 valence electrons. The van der Waals surface area contributed by atoms with Crippen LogP contribution >= 0.6 is 11.8 Å². The van der Waals surface area contributed by atoms with Crippen molar-refractivity contribution in [2.45, 2.75) is 64.4 Å². The van der Waals surface area contributed by atoms with Crippen molar-refractivity contribution in [3.05, 3.63) is 34.0 Å². The van der Waals surface area contributed by atoms with Gasteiger partial charge < -0.3 is 4.74 Å². The summed E-state index contributed by atoms with van der Waals surface area (Å²) >= 11 is 1.85. The zero-order chi connectivity index (χ0) is 14.8. The van der Waals surface area contributed by atoms with Crippen LogP contribution in [0.1, 0.15) is 58.3 Å². The Morgan fingerprint density at radius 3 is 2.62 bits per heavy atom. The normalized spacial score (nSPS) is 27.2. The standard InChI is InChI=1S/C18H25NOS/c1-12(2)17(20-13-8-5-4-6-9-13)16-14-10-7-11-15(14)21-18(16)19-3/h13H,1,4-11H2,2-3H3. The molecule has 0 unspecified atom stereocenters. The van der Waals surface area contributed by atoms with E-state index in [1.54, 1.807) is 0 Å². The Morgan fingerprint density at radius 2 is 1.95 bits per heavy atom.